The standard InChI is InChI=1S/C17H14N6O3/c18-15(19)13-5-3-11(25-13)12-4-6-14(26-12)17-21-9-2-1-8(16(20)23-24)7-10(9)22-17/h1-7,24H,(H3,18,19)(H2,20,23)(H,21,22). The van der Waals surface area contributed by atoms with Crippen LogP contribution in [0.1, 0.15) is 11.3 Å². The van der Waals surface area contributed by atoms with Gasteiger partial charge >= 0.3 is 0 Å². The number of nitrogens with one attached hydrogen (secondary N) is 2. The predicted molar refractivity (Wildman–Crippen MR) is 95.0 cm³/mol. The minimum absolute atomic E-state index is 0.0161. The second-order valence-electron chi connectivity index (χ2n) is 5.54. The molecule has 0 amide bonds. The third-order valence-corrected chi connectivity index (χ3v) is 3.84. The summed E-state index contributed by atoms with van der Waals surface area (Å²) in [5.74, 6) is 2.14. The molecular weight excluding hydrogens is 336 g/mol. The number of hydrogen-bond donors (Lipinski definition) is 5. The summed E-state index contributed by atoms with van der Waals surface area (Å²) >= 11 is 0. The molecule has 130 valence electrons. The molecular formula is C17H14N6O3. The summed E-state index contributed by atoms with van der Waals surface area (Å²) in [4.78, 5) is 7.61. The maximum atomic E-state index is 8.78. The topological polar surface area (TPSA) is 163 Å². The zero-order valence-corrected chi connectivity index (χ0v) is 13.4. The highest BCUT2D eigenvalue weighted by molar-refractivity contribution is 5.99. The zero-order chi connectivity index (χ0) is 18.3. The largest absolute Gasteiger partial charge is 0.450 e. The monoisotopic (exact) mass is 350 g/mol. The number of fused-ring (bicyclic) bond motifs is 1. The number of hydrogen-bond acceptors (Lipinski definition) is 6. The fraction of sp³-hybridized carbons (Fsp3) is 0. The molecule has 0 bridgehead atoms. The average molecular weight is 350 g/mol. The van der Waals surface area contributed by atoms with E-state index in [2.05, 4.69) is 15.1 Å². The van der Waals surface area contributed by atoms with Crippen LogP contribution in [-0.2, 0) is 0 Å². The Morgan fingerprint density at radius 2 is 1.77 bits per heavy atom. The Balaban J connectivity index is 1.69. The molecule has 0 saturated carbocycles. The highest BCUT2D eigenvalue weighted by Gasteiger charge is 2.14. The van der Waals surface area contributed by atoms with Gasteiger partial charge in [0.1, 0.15) is 0 Å². The minimum atomic E-state index is -0.151. The van der Waals surface area contributed by atoms with Crippen molar-refractivity contribution in [3.63, 3.8) is 0 Å². The van der Waals surface area contributed by atoms with Crippen molar-refractivity contribution < 1.29 is 14.0 Å². The van der Waals surface area contributed by atoms with Crippen molar-refractivity contribution >= 4 is 22.7 Å². The third-order valence-electron chi connectivity index (χ3n) is 3.84. The van der Waals surface area contributed by atoms with Gasteiger partial charge in [0.05, 0.1) is 11.0 Å². The van der Waals surface area contributed by atoms with E-state index in [0.717, 1.165) is 5.52 Å². The number of aromatic amines is 1. The van der Waals surface area contributed by atoms with Crippen molar-refractivity contribution in [2.45, 2.75) is 0 Å². The van der Waals surface area contributed by atoms with Gasteiger partial charge in [-0.05, 0) is 42.5 Å². The maximum absolute atomic E-state index is 8.78. The molecule has 0 saturated heterocycles. The summed E-state index contributed by atoms with van der Waals surface area (Å²) in [5, 5.41) is 19.2. The fourth-order valence-electron chi connectivity index (χ4n) is 2.56. The average Bonchev–Trinajstić information content (AvgIpc) is 3.37. The molecule has 0 spiro atoms. The lowest BCUT2D eigenvalue weighted by Crippen LogP contribution is -2.12. The molecule has 0 aliphatic carbocycles. The Labute approximate surface area is 146 Å². The first-order valence-corrected chi connectivity index (χ1v) is 7.57. The van der Waals surface area contributed by atoms with Crippen molar-refractivity contribution in [2.24, 2.45) is 16.6 Å². The molecule has 9 nitrogen and oxygen atoms in total. The molecule has 4 rings (SSSR count). The lowest BCUT2D eigenvalue weighted by Gasteiger charge is -1.96. The number of benzene rings is 1. The second-order valence-corrected chi connectivity index (χ2v) is 5.54. The molecule has 3 aromatic heterocycles. The van der Waals surface area contributed by atoms with Crippen LogP contribution < -0.4 is 11.5 Å². The number of aromatic nitrogens is 2. The van der Waals surface area contributed by atoms with Crippen LogP contribution in [0.2, 0.25) is 0 Å². The molecule has 0 aliphatic heterocycles. The van der Waals surface area contributed by atoms with Gasteiger partial charge in [0, 0.05) is 5.56 Å². The van der Waals surface area contributed by atoms with E-state index in [0.29, 0.717) is 34.2 Å². The lowest BCUT2D eigenvalue weighted by atomic mass is 10.2. The van der Waals surface area contributed by atoms with Crippen molar-refractivity contribution in [3.8, 4) is 23.1 Å². The van der Waals surface area contributed by atoms with Gasteiger partial charge in [0.25, 0.3) is 0 Å². The van der Waals surface area contributed by atoms with Crippen LogP contribution in [0, 0.1) is 5.41 Å². The Bertz CT molecular complexity index is 1150. The molecule has 26 heavy (non-hydrogen) atoms. The third kappa shape index (κ3) is 2.57. The Kier molecular flexibility index (Phi) is 3.47. The fourth-order valence-corrected chi connectivity index (χ4v) is 2.56. The van der Waals surface area contributed by atoms with Gasteiger partial charge in [-0.2, -0.15) is 0 Å². The van der Waals surface area contributed by atoms with E-state index >= 15 is 0 Å². The van der Waals surface area contributed by atoms with Crippen LogP contribution in [0.25, 0.3) is 34.1 Å². The quantitative estimate of drug-likeness (QED) is 0.164. The number of oxime groups is 1. The summed E-state index contributed by atoms with van der Waals surface area (Å²) in [6.45, 7) is 0. The summed E-state index contributed by atoms with van der Waals surface area (Å²) in [6.07, 6.45) is 0. The van der Waals surface area contributed by atoms with E-state index in [4.69, 9.17) is 30.9 Å². The number of nitrogen functional groups attached to an aromatic ring is 1. The molecule has 0 radical (unpaired) electrons. The van der Waals surface area contributed by atoms with E-state index in [9.17, 15) is 0 Å². The lowest BCUT2D eigenvalue weighted by molar-refractivity contribution is 0.318. The number of amidine groups is 2. The highest BCUT2D eigenvalue weighted by Crippen LogP contribution is 2.29. The van der Waals surface area contributed by atoms with Crippen molar-refractivity contribution in [1.82, 2.24) is 9.97 Å². The molecule has 1 aromatic carbocycles. The van der Waals surface area contributed by atoms with Crippen LogP contribution in [0.5, 0.6) is 0 Å². The van der Waals surface area contributed by atoms with Gasteiger partial charge in [-0.15, -0.1) is 0 Å². The number of nitrogens with zero attached hydrogens (tertiary/aromatic N) is 2. The minimum Gasteiger partial charge on any atom is -0.450 e. The van der Waals surface area contributed by atoms with E-state index in [-0.39, 0.29) is 17.4 Å². The Morgan fingerprint density at radius 3 is 2.50 bits per heavy atom. The first-order valence-electron chi connectivity index (χ1n) is 7.57. The predicted octanol–water partition coefficient (Wildman–Crippen LogP) is 2.46. The van der Waals surface area contributed by atoms with Crippen molar-refractivity contribution in [1.29, 1.82) is 5.41 Å². The highest BCUT2D eigenvalue weighted by atomic mass is 16.4. The van der Waals surface area contributed by atoms with E-state index < -0.39 is 0 Å². The van der Waals surface area contributed by atoms with Crippen molar-refractivity contribution in [2.75, 3.05) is 0 Å². The van der Waals surface area contributed by atoms with Gasteiger partial charge in [-0.3, -0.25) is 5.41 Å². The van der Waals surface area contributed by atoms with Gasteiger partial charge in [-0.25, -0.2) is 4.98 Å². The van der Waals surface area contributed by atoms with Crippen molar-refractivity contribution in [3.05, 3.63) is 53.8 Å². The Hall–Kier alpha value is -4.01. The van der Waals surface area contributed by atoms with Crippen LogP contribution in [0.3, 0.4) is 0 Å². The molecule has 0 aliphatic rings. The second kappa shape index (κ2) is 5.81. The summed E-state index contributed by atoms with van der Waals surface area (Å²) in [5.41, 5.74) is 13.0. The SMILES string of the molecule is N=C(N)c1ccc(-c2ccc(-c3nc4ccc(C(N)=NO)cc4[nH]3)o2)o1. The molecule has 3 heterocycles. The summed E-state index contributed by atoms with van der Waals surface area (Å²) in [7, 11) is 0. The number of nitrogens with two attached hydrogens (primary N) is 2. The molecule has 9 heteroatoms. The zero-order valence-electron chi connectivity index (χ0n) is 13.4. The van der Waals surface area contributed by atoms with Crippen LogP contribution in [-0.4, -0.2) is 26.8 Å². The van der Waals surface area contributed by atoms with Crippen LogP contribution in [0.4, 0.5) is 0 Å². The molecule has 0 unspecified atom stereocenters. The number of rotatable bonds is 4. The van der Waals surface area contributed by atoms with E-state index in [1.807, 2.05) is 0 Å². The maximum Gasteiger partial charge on any atom is 0.174 e. The van der Waals surface area contributed by atoms with E-state index in [1.54, 1.807) is 42.5 Å². The first-order chi connectivity index (χ1) is 12.5. The van der Waals surface area contributed by atoms with Gasteiger partial charge in [0.2, 0.25) is 0 Å². The summed E-state index contributed by atoms with van der Waals surface area (Å²) < 4.78 is 11.3. The smallest absolute Gasteiger partial charge is 0.174 e. The Morgan fingerprint density at radius 1 is 1.04 bits per heavy atom. The van der Waals surface area contributed by atoms with Crippen LogP contribution in [0.15, 0.2) is 56.5 Å². The molecule has 7 N–H and O–H groups in total. The number of imidazole rings is 1. The van der Waals surface area contributed by atoms with Gasteiger partial charge in [0.15, 0.2) is 40.5 Å². The van der Waals surface area contributed by atoms with Gasteiger partial charge < -0.3 is 30.5 Å². The van der Waals surface area contributed by atoms with Gasteiger partial charge in [-0.1, -0.05) is 5.16 Å². The first kappa shape index (κ1) is 15.5. The molecule has 0 fully saturated rings. The summed E-state index contributed by atoms with van der Waals surface area (Å²) in [6, 6.07) is 12.0. The van der Waals surface area contributed by atoms with Crippen LogP contribution >= 0.6 is 0 Å². The molecule has 0 atom stereocenters. The molecule has 4 aromatic rings. The number of furan rings is 2. The van der Waals surface area contributed by atoms with E-state index in [1.165, 1.54) is 0 Å². The number of H-pyrrole nitrogens is 1. The normalized spacial score (nSPS) is 11.9.